The van der Waals surface area contributed by atoms with E-state index < -0.39 is 5.54 Å². The molecule has 3 heterocycles. The quantitative estimate of drug-likeness (QED) is 0.883. The molecule has 1 unspecified atom stereocenters. The number of carbonyl (C=O) groups is 1. The molecular formula is C16H22N4OS. The van der Waals surface area contributed by atoms with Crippen molar-refractivity contribution in [2.45, 2.75) is 37.8 Å². The molecule has 0 saturated carbocycles. The van der Waals surface area contributed by atoms with Gasteiger partial charge in [-0.15, -0.1) is 11.3 Å². The Morgan fingerprint density at radius 2 is 2.32 bits per heavy atom. The van der Waals surface area contributed by atoms with Crippen molar-refractivity contribution >= 4 is 17.2 Å². The van der Waals surface area contributed by atoms with Gasteiger partial charge in [0.1, 0.15) is 5.54 Å². The number of nitrogens with one attached hydrogen (secondary N) is 2. The predicted octanol–water partition coefficient (Wildman–Crippen LogP) is 1.77. The van der Waals surface area contributed by atoms with Gasteiger partial charge in [-0.1, -0.05) is 6.07 Å². The van der Waals surface area contributed by atoms with Crippen LogP contribution in [0.15, 0.2) is 36.0 Å². The highest BCUT2D eigenvalue weighted by Crippen LogP contribution is 2.27. The Balaban J connectivity index is 1.72. The van der Waals surface area contributed by atoms with Crippen LogP contribution >= 0.6 is 11.3 Å². The van der Waals surface area contributed by atoms with Crippen molar-refractivity contribution in [1.82, 2.24) is 20.4 Å². The summed E-state index contributed by atoms with van der Waals surface area (Å²) in [6, 6.07) is 6.16. The number of hydrogen-bond donors (Lipinski definition) is 2. The second-order valence-corrected chi connectivity index (χ2v) is 6.92. The Bertz CT molecular complexity index is 588. The molecule has 5 nitrogen and oxygen atoms in total. The minimum Gasteiger partial charge on any atom is -0.351 e. The zero-order valence-corrected chi connectivity index (χ0v) is 13.6. The highest BCUT2D eigenvalue weighted by molar-refractivity contribution is 7.09. The van der Waals surface area contributed by atoms with Crippen molar-refractivity contribution in [1.29, 1.82) is 0 Å². The molecule has 3 rings (SSSR count). The number of aromatic nitrogens is 2. The Morgan fingerprint density at radius 1 is 1.50 bits per heavy atom. The summed E-state index contributed by atoms with van der Waals surface area (Å²) < 4.78 is 1.83. The Hall–Kier alpha value is -1.66. The molecule has 1 atom stereocenters. The maximum absolute atomic E-state index is 13.0. The van der Waals surface area contributed by atoms with Crippen molar-refractivity contribution < 1.29 is 4.79 Å². The highest BCUT2D eigenvalue weighted by atomic mass is 32.1. The van der Waals surface area contributed by atoms with Crippen LogP contribution in [0, 0.1) is 0 Å². The van der Waals surface area contributed by atoms with Crippen molar-refractivity contribution in [2.75, 3.05) is 13.1 Å². The molecule has 1 aliphatic heterocycles. The molecule has 118 valence electrons. The van der Waals surface area contributed by atoms with Gasteiger partial charge >= 0.3 is 0 Å². The van der Waals surface area contributed by atoms with Gasteiger partial charge in [0.2, 0.25) is 5.91 Å². The average molecular weight is 318 g/mol. The van der Waals surface area contributed by atoms with Gasteiger partial charge in [-0.3, -0.25) is 9.48 Å². The predicted molar refractivity (Wildman–Crippen MR) is 87.9 cm³/mol. The summed E-state index contributed by atoms with van der Waals surface area (Å²) in [4.78, 5) is 14.3. The normalized spacial score (nSPS) is 18.8. The first kappa shape index (κ1) is 15.2. The molecule has 1 fully saturated rings. The van der Waals surface area contributed by atoms with Crippen LogP contribution in [0.5, 0.6) is 0 Å². The molecule has 2 aromatic heterocycles. The molecule has 0 aliphatic carbocycles. The monoisotopic (exact) mass is 318 g/mol. The van der Waals surface area contributed by atoms with Crippen molar-refractivity contribution in [3.63, 3.8) is 0 Å². The molecular weight excluding hydrogens is 296 g/mol. The van der Waals surface area contributed by atoms with E-state index in [1.165, 1.54) is 4.88 Å². The fourth-order valence-electron chi connectivity index (χ4n) is 3.06. The molecule has 2 aromatic rings. The van der Waals surface area contributed by atoms with Gasteiger partial charge in [0.15, 0.2) is 0 Å². The van der Waals surface area contributed by atoms with E-state index in [-0.39, 0.29) is 11.9 Å². The summed E-state index contributed by atoms with van der Waals surface area (Å²) in [6.45, 7) is 3.74. The lowest BCUT2D eigenvalue weighted by Gasteiger charge is -2.37. The minimum atomic E-state index is -0.557. The van der Waals surface area contributed by atoms with Gasteiger partial charge in [0, 0.05) is 29.7 Å². The molecule has 1 saturated heterocycles. The van der Waals surface area contributed by atoms with Gasteiger partial charge < -0.3 is 10.6 Å². The number of piperidine rings is 1. The van der Waals surface area contributed by atoms with Gasteiger partial charge in [-0.05, 0) is 50.4 Å². The first-order valence-electron chi connectivity index (χ1n) is 7.75. The Kier molecular flexibility index (Phi) is 4.59. The molecule has 2 N–H and O–H groups in total. The fourth-order valence-corrected chi connectivity index (χ4v) is 3.90. The lowest BCUT2D eigenvalue weighted by Crippen LogP contribution is -2.56. The third-order valence-corrected chi connectivity index (χ3v) is 5.16. The van der Waals surface area contributed by atoms with Crippen LogP contribution in [-0.2, 0) is 16.8 Å². The van der Waals surface area contributed by atoms with E-state index in [0.29, 0.717) is 0 Å². The maximum Gasteiger partial charge on any atom is 0.248 e. The first-order chi connectivity index (χ1) is 10.7. The molecule has 1 amide bonds. The largest absolute Gasteiger partial charge is 0.351 e. The van der Waals surface area contributed by atoms with E-state index in [1.54, 1.807) is 17.5 Å². The van der Waals surface area contributed by atoms with Crippen molar-refractivity contribution in [3.05, 3.63) is 40.8 Å². The number of nitrogens with zero attached hydrogens (tertiary/aromatic N) is 2. The van der Waals surface area contributed by atoms with Crippen LogP contribution in [-0.4, -0.2) is 34.8 Å². The Morgan fingerprint density at radius 3 is 2.95 bits per heavy atom. The summed E-state index contributed by atoms with van der Waals surface area (Å²) in [5, 5.41) is 12.9. The van der Waals surface area contributed by atoms with Crippen molar-refractivity contribution in [2.24, 2.45) is 0 Å². The average Bonchev–Trinajstić information content (AvgIpc) is 3.21. The topological polar surface area (TPSA) is 59.0 Å². The standard InChI is InChI=1S/C16H22N4OS/c1-13(12-14-4-2-11-22-14)19-15(21)16(5-8-17-9-6-16)20-10-3-7-18-20/h2-4,7,10-11,13,17H,5-6,8-9,12H2,1H3,(H,19,21). The summed E-state index contributed by atoms with van der Waals surface area (Å²) >= 11 is 1.73. The molecule has 0 radical (unpaired) electrons. The van der Waals surface area contributed by atoms with E-state index in [2.05, 4.69) is 34.1 Å². The SMILES string of the molecule is CC(Cc1cccs1)NC(=O)C1(n2cccn2)CCNCC1. The zero-order valence-electron chi connectivity index (χ0n) is 12.8. The highest BCUT2D eigenvalue weighted by Gasteiger charge is 2.42. The summed E-state index contributed by atoms with van der Waals surface area (Å²) in [5.41, 5.74) is -0.557. The zero-order chi connectivity index (χ0) is 15.4. The lowest BCUT2D eigenvalue weighted by atomic mass is 9.87. The van der Waals surface area contributed by atoms with Crippen LogP contribution in [0.1, 0.15) is 24.6 Å². The third-order valence-electron chi connectivity index (χ3n) is 4.26. The van der Waals surface area contributed by atoms with E-state index in [4.69, 9.17) is 0 Å². The number of thiophene rings is 1. The molecule has 6 heteroatoms. The maximum atomic E-state index is 13.0. The summed E-state index contributed by atoms with van der Waals surface area (Å²) in [6.07, 6.45) is 6.05. The minimum absolute atomic E-state index is 0.0850. The van der Waals surface area contributed by atoms with Crippen LogP contribution in [0.2, 0.25) is 0 Å². The van der Waals surface area contributed by atoms with Crippen LogP contribution in [0.25, 0.3) is 0 Å². The van der Waals surface area contributed by atoms with Crippen LogP contribution < -0.4 is 10.6 Å². The number of carbonyl (C=O) groups excluding carboxylic acids is 1. The molecule has 0 bridgehead atoms. The summed E-state index contributed by atoms with van der Waals surface area (Å²) in [5.74, 6) is 0.0850. The van der Waals surface area contributed by atoms with Gasteiger partial charge in [-0.25, -0.2) is 0 Å². The van der Waals surface area contributed by atoms with E-state index in [1.807, 2.05) is 23.0 Å². The number of hydrogen-bond acceptors (Lipinski definition) is 4. The number of amides is 1. The molecule has 0 spiro atoms. The van der Waals surface area contributed by atoms with Crippen molar-refractivity contribution in [3.8, 4) is 0 Å². The second kappa shape index (κ2) is 6.62. The Labute approximate surface area is 134 Å². The first-order valence-corrected chi connectivity index (χ1v) is 8.63. The molecule has 22 heavy (non-hydrogen) atoms. The smallest absolute Gasteiger partial charge is 0.248 e. The second-order valence-electron chi connectivity index (χ2n) is 5.89. The van der Waals surface area contributed by atoms with Gasteiger partial charge in [-0.2, -0.15) is 5.10 Å². The molecule has 0 aromatic carbocycles. The van der Waals surface area contributed by atoms with E-state index >= 15 is 0 Å². The number of rotatable bonds is 5. The third kappa shape index (κ3) is 3.08. The summed E-state index contributed by atoms with van der Waals surface area (Å²) in [7, 11) is 0. The fraction of sp³-hybridized carbons (Fsp3) is 0.500. The van der Waals surface area contributed by atoms with Crippen LogP contribution in [0.4, 0.5) is 0 Å². The van der Waals surface area contributed by atoms with E-state index in [0.717, 1.165) is 32.4 Å². The van der Waals surface area contributed by atoms with Gasteiger partial charge in [0.05, 0.1) is 0 Å². The van der Waals surface area contributed by atoms with Gasteiger partial charge in [0.25, 0.3) is 0 Å². The molecule has 1 aliphatic rings. The van der Waals surface area contributed by atoms with E-state index in [9.17, 15) is 4.79 Å². The van der Waals surface area contributed by atoms with Crippen LogP contribution in [0.3, 0.4) is 0 Å². The lowest BCUT2D eigenvalue weighted by molar-refractivity contribution is -0.132.